The van der Waals surface area contributed by atoms with E-state index in [2.05, 4.69) is 25.7 Å². The Hall–Kier alpha value is -2.96. The minimum Gasteiger partial charge on any atom is -0.354 e. The highest BCUT2D eigenvalue weighted by Crippen LogP contribution is 2.26. The van der Waals surface area contributed by atoms with Gasteiger partial charge in [0.05, 0.1) is 11.7 Å². The summed E-state index contributed by atoms with van der Waals surface area (Å²) in [5.74, 6) is 1.64. The third kappa shape index (κ3) is 3.98. The molecule has 2 N–H and O–H groups in total. The normalized spacial score (nSPS) is 19.7. The lowest BCUT2D eigenvalue weighted by Crippen LogP contribution is -2.39. The number of benzene rings is 1. The van der Waals surface area contributed by atoms with Gasteiger partial charge in [0.2, 0.25) is 11.9 Å². The van der Waals surface area contributed by atoms with Gasteiger partial charge in [0, 0.05) is 35.7 Å². The Morgan fingerprint density at radius 1 is 1.14 bits per heavy atom. The molecule has 0 aliphatic heterocycles. The third-order valence-electron chi connectivity index (χ3n) is 5.20. The SMILES string of the molecule is CC(C)NC(=O)[C@H]1CC[C@H](Nc2nccc(-n3ncc4ccccc43)n2)CC1. The van der Waals surface area contributed by atoms with Crippen LogP contribution in [0.15, 0.2) is 42.7 Å². The van der Waals surface area contributed by atoms with E-state index in [1.54, 1.807) is 6.20 Å². The van der Waals surface area contributed by atoms with Crippen LogP contribution in [-0.4, -0.2) is 37.7 Å². The van der Waals surface area contributed by atoms with Gasteiger partial charge < -0.3 is 10.6 Å². The van der Waals surface area contributed by atoms with E-state index in [1.165, 1.54) is 0 Å². The van der Waals surface area contributed by atoms with Crippen LogP contribution < -0.4 is 10.6 Å². The van der Waals surface area contributed by atoms with Crippen LogP contribution in [0.25, 0.3) is 16.7 Å². The van der Waals surface area contributed by atoms with Crippen molar-refractivity contribution in [1.82, 2.24) is 25.1 Å². The first-order chi connectivity index (χ1) is 13.6. The lowest BCUT2D eigenvalue weighted by Gasteiger charge is -2.29. The summed E-state index contributed by atoms with van der Waals surface area (Å²) >= 11 is 0. The van der Waals surface area contributed by atoms with Gasteiger partial charge in [-0.15, -0.1) is 0 Å². The van der Waals surface area contributed by atoms with E-state index in [4.69, 9.17) is 0 Å². The lowest BCUT2D eigenvalue weighted by atomic mass is 9.85. The molecule has 1 saturated carbocycles. The van der Waals surface area contributed by atoms with Crippen LogP contribution in [0.1, 0.15) is 39.5 Å². The van der Waals surface area contributed by atoms with E-state index in [0.717, 1.165) is 42.4 Å². The van der Waals surface area contributed by atoms with Crippen molar-refractivity contribution < 1.29 is 4.79 Å². The van der Waals surface area contributed by atoms with Crippen molar-refractivity contribution in [2.24, 2.45) is 5.92 Å². The van der Waals surface area contributed by atoms with E-state index in [1.807, 2.05) is 55.1 Å². The fourth-order valence-electron chi connectivity index (χ4n) is 3.78. The molecule has 0 spiro atoms. The van der Waals surface area contributed by atoms with E-state index in [0.29, 0.717) is 5.95 Å². The van der Waals surface area contributed by atoms with Gasteiger partial charge >= 0.3 is 0 Å². The van der Waals surface area contributed by atoms with Crippen molar-refractivity contribution in [1.29, 1.82) is 0 Å². The molecule has 28 heavy (non-hydrogen) atoms. The summed E-state index contributed by atoms with van der Waals surface area (Å²) in [4.78, 5) is 21.2. The number of nitrogens with one attached hydrogen (secondary N) is 2. The van der Waals surface area contributed by atoms with Gasteiger partial charge in [0.25, 0.3) is 0 Å². The number of hydrogen-bond donors (Lipinski definition) is 2. The molecule has 2 aromatic heterocycles. The fraction of sp³-hybridized carbons (Fsp3) is 0.429. The second-order valence-corrected chi connectivity index (χ2v) is 7.71. The van der Waals surface area contributed by atoms with Crippen LogP contribution in [-0.2, 0) is 4.79 Å². The van der Waals surface area contributed by atoms with Gasteiger partial charge in [-0.25, -0.2) is 9.67 Å². The monoisotopic (exact) mass is 378 g/mol. The number of aromatic nitrogens is 4. The number of rotatable bonds is 5. The minimum atomic E-state index is 0.114. The van der Waals surface area contributed by atoms with E-state index < -0.39 is 0 Å². The van der Waals surface area contributed by atoms with Crippen LogP contribution in [0, 0.1) is 5.92 Å². The predicted octanol–water partition coefficient (Wildman–Crippen LogP) is 3.31. The molecule has 0 bridgehead atoms. The Morgan fingerprint density at radius 2 is 1.93 bits per heavy atom. The summed E-state index contributed by atoms with van der Waals surface area (Å²) in [6.45, 7) is 4.00. The molecule has 3 aromatic rings. The van der Waals surface area contributed by atoms with Crippen LogP contribution in [0.5, 0.6) is 0 Å². The zero-order valence-corrected chi connectivity index (χ0v) is 16.3. The summed E-state index contributed by atoms with van der Waals surface area (Å²) in [6.07, 6.45) is 7.25. The average Bonchev–Trinajstić information content (AvgIpc) is 3.12. The van der Waals surface area contributed by atoms with E-state index in [9.17, 15) is 4.79 Å². The maximum Gasteiger partial charge on any atom is 0.224 e. The highest BCUT2D eigenvalue weighted by Gasteiger charge is 2.26. The summed E-state index contributed by atoms with van der Waals surface area (Å²) in [6, 6.07) is 10.4. The summed E-state index contributed by atoms with van der Waals surface area (Å²) in [5.41, 5.74) is 1.02. The van der Waals surface area contributed by atoms with Gasteiger partial charge in [-0.1, -0.05) is 18.2 Å². The Morgan fingerprint density at radius 3 is 2.71 bits per heavy atom. The molecule has 0 unspecified atom stereocenters. The maximum atomic E-state index is 12.2. The van der Waals surface area contributed by atoms with Crippen LogP contribution in [0.3, 0.4) is 0 Å². The molecule has 1 fully saturated rings. The quantitative estimate of drug-likeness (QED) is 0.711. The second kappa shape index (κ2) is 7.96. The summed E-state index contributed by atoms with van der Waals surface area (Å²) in [7, 11) is 0. The molecular formula is C21H26N6O. The highest BCUT2D eigenvalue weighted by molar-refractivity contribution is 5.80. The maximum absolute atomic E-state index is 12.2. The molecule has 0 saturated heterocycles. The van der Waals surface area contributed by atoms with Crippen molar-refractivity contribution in [2.45, 2.75) is 51.6 Å². The Bertz CT molecular complexity index is 958. The van der Waals surface area contributed by atoms with Crippen molar-refractivity contribution >= 4 is 22.8 Å². The van der Waals surface area contributed by atoms with E-state index >= 15 is 0 Å². The zero-order chi connectivity index (χ0) is 19.5. The van der Waals surface area contributed by atoms with Crippen molar-refractivity contribution in [3.8, 4) is 5.82 Å². The minimum absolute atomic E-state index is 0.114. The molecule has 1 amide bonds. The second-order valence-electron chi connectivity index (χ2n) is 7.71. The first kappa shape index (κ1) is 18.4. The van der Waals surface area contributed by atoms with Crippen molar-refractivity contribution in [3.05, 3.63) is 42.7 Å². The van der Waals surface area contributed by atoms with E-state index in [-0.39, 0.29) is 23.9 Å². The standard InChI is InChI=1S/C21H26N6O/c1-14(2)24-20(28)15-7-9-17(10-8-15)25-21-22-12-11-19(26-21)27-18-6-4-3-5-16(18)13-23-27/h3-6,11-15,17H,7-10H2,1-2H3,(H,24,28)(H,22,25,26)/t15-,17-. The molecule has 7 nitrogen and oxygen atoms in total. The van der Waals surface area contributed by atoms with Gasteiger partial charge in [0.15, 0.2) is 5.82 Å². The topological polar surface area (TPSA) is 84.7 Å². The summed E-state index contributed by atoms with van der Waals surface area (Å²) in [5, 5.41) is 12.0. The number of amides is 1. The molecule has 2 heterocycles. The number of anilines is 1. The van der Waals surface area contributed by atoms with Crippen LogP contribution >= 0.6 is 0 Å². The Kier molecular flexibility index (Phi) is 5.23. The lowest BCUT2D eigenvalue weighted by molar-refractivity contribution is -0.126. The Labute approximate surface area is 164 Å². The molecule has 1 aliphatic carbocycles. The van der Waals surface area contributed by atoms with Crippen molar-refractivity contribution in [3.63, 3.8) is 0 Å². The molecule has 7 heteroatoms. The van der Waals surface area contributed by atoms with Gasteiger partial charge in [-0.05, 0) is 45.6 Å². The number of carbonyl (C=O) groups excluding carboxylic acids is 1. The van der Waals surface area contributed by atoms with Crippen molar-refractivity contribution in [2.75, 3.05) is 5.32 Å². The van der Waals surface area contributed by atoms with Gasteiger partial charge in [-0.2, -0.15) is 10.1 Å². The Balaban J connectivity index is 1.42. The van der Waals surface area contributed by atoms with Gasteiger partial charge in [-0.3, -0.25) is 4.79 Å². The molecular weight excluding hydrogens is 352 g/mol. The summed E-state index contributed by atoms with van der Waals surface area (Å²) < 4.78 is 1.83. The number of hydrogen-bond acceptors (Lipinski definition) is 5. The number of nitrogens with zero attached hydrogens (tertiary/aromatic N) is 4. The fourth-order valence-corrected chi connectivity index (χ4v) is 3.78. The molecule has 1 aliphatic rings. The average molecular weight is 378 g/mol. The number of para-hydroxylation sites is 1. The smallest absolute Gasteiger partial charge is 0.224 e. The first-order valence-electron chi connectivity index (χ1n) is 9.93. The molecule has 1 aromatic carbocycles. The number of carbonyl (C=O) groups is 1. The first-order valence-corrected chi connectivity index (χ1v) is 9.93. The molecule has 0 atom stereocenters. The highest BCUT2D eigenvalue weighted by atomic mass is 16.1. The molecule has 0 radical (unpaired) electrons. The molecule has 4 rings (SSSR count). The predicted molar refractivity (Wildman–Crippen MR) is 109 cm³/mol. The zero-order valence-electron chi connectivity index (χ0n) is 16.3. The van der Waals surface area contributed by atoms with Crippen LogP contribution in [0.2, 0.25) is 0 Å². The van der Waals surface area contributed by atoms with Gasteiger partial charge in [0.1, 0.15) is 0 Å². The number of fused-ring (bicyclic) bond motifs is 1. The largest absolute Gasteiger partial charge is 0.354 e. The third-order valence-corrected chi connectivity index (χ3v) is 5.20. The van der Waals surface area contributed by atoms with Crippen LogP contribution in [0.4, 0.5) is 5.95 Å². The molecule has 146 valence electrons.